The molecule has 9 nitrogen and oxygen atoms in total. The standard InChI is InChI=1S/C11H13N5O4S/c1-12-8-2-3-10(9(6-8)16(17)18)21(19,20)15-7-11-13-4-5-14-11/h2-6,12,15H,7H2,1H3,(H,13,14). The number of nitrogens with zero attached hydrogens (tertiary/aromatic N) is 2. The molecule has 0 radical (unpaired) electrons. The van der Waals surface area contributed by atoms with Crippen LogP contribution in [0.2, 0.25) is 0 Å². The van der Waals surface area contributed by atoms with Gasteiger partial charge in [-0.05, 0) is 12.1 Å². The summed E-state index contributed by atoms with van der Waals surface area (Å²) in [4.78, 5) is 16.5. The fourth-order valence-electron chi connectivity index (χ4n) is 1.68. The van der Waals surface area contributed by atoms with Gasteiger partial charge in [0.25, 0.3) is 5.69 Å². The molecule has 0 saturated carbocycles. The maximum atomic E-state index is 12.2. The first-order valence-corrected chi connectivity index (χ1v) is 7.36. The van der Waals surface area contributed by atoms with Crippen molar-refractivity contribution >= 4 is 21.4 Å². The molecule has 0 bridgehead atoms. The Labute approximate surface area is 120 Å². The van der Waals surface area contributed by atoms with E-state index in [1.54, 1.807) is 13.2 Å². The second kappa shape index (κ2) is 5.89. The van der Waals surface area contributed by atoms with E-state index in [1.165, 1.54) is 24.4 Å². The minimum atomic E-state index is -4.02. The van der Waals surface area contributed by atoms with E-state index in [9.17, 15) is 18.5 Å². The maximum Gasteiger partial charge on any atom is 0.291 e. The molecule has 0 unspecified atom stereocenters. The van der Waals surface area contributed by atoms with Crippen molar-refractivity contribution in [3.8, 4) is 0 Å². The molecule has 2 rings (SSSR count). The molecule has 0 amide bonds. The first-order chi connectivity index (χ1) is 9.94. The molecule has 0 aliphatic carbocycles. The van der Waals surface area contributed by atoms with Crippen molar-refractivity contribution in [2.45, 2.75) is 11.4 Å². The summed E-state index contributed by atoms with van der Waals surface area (Å²) in [5, 5.41) is 13.8. The van der Waals surface area contributed by atoms with Gasteiger partial charge in [0.2, 0.25) is 10.0 Å². The fourth-order valence-corrected chi connectivity index (χ4v) is 2.82. The molecule has 3 N–H and O–H groups in total. The molecular formula is C11H13N5O4S. The normalized spacial score (nSPS) is 11.3. The summed E-state index contributed by atoms with van der Waals surface area (Å²) in [6, 6.07) is 3.81. The van der Waals surface area contributed by atoms with Crippen LogP contribution in [0.15, 0.2) is 35.5 Å². The first-order valence-electron chi connectivity index (χ1n) is 5.88. The number of sulfonamides is 1. The molecule has 1 heterocycles. The quantitative estimate of drug-likeness (QED) is 0.535. The highest BCUT2D eigenvalue weighted by Crippen LogP contribution is 2.27. The molecular weight excluding hydrogens is 298 g/mol. The summed E-state index contributed by atoms with van der Waals surface area (Å²) in [5.74, 6) is 0.410. The van der Waals surface area contributed by atoms with Crippen molar-refractivity contribution in [1.82, 2.24) is 14.7 Å². The number of benzene rings is 1. The van der Waals surface area contributed by atoms with Gasteiger partial charge in [-0.1, -0.05) is 0 Å². The van der Waals surface area contributed by atoms with Gasteiger partial charge in [0, 0.05) is 31.2 Å². The van der Waals surface area contributed by atoms with Gasteiger partial charge in [-0.3, -0.25) is 10.1 Å². The van der Waals surface area contributed by atoms with E-state index in [0.29, 0.717) is 11.5 Å². The first kappa shape index (κ1) is 14.9. The zero-order chi connectivity index (χ0) is 15.5. The Balaban J connectivity index is 2.32. The number of aromatic amines is 1. The number of rotatable bonds is 6. The Kier molecular flexibility index (Phi) is 4.19. The lowest BCUT2D eigenvalue weighted by molar-refractivity contribution is -0.387. The minimum Gasteiger partial charge on any atom is -0.388 e. The van der Waals surface area contributed by atoms with Crippen LogP contribution in [0.5, 0.6) is 0 Å². The van der Waals surface area contributed by atoms with Gasteiger partial charge >= 0.3 is 0 Å². The van der Waals surface area contributed by atoms with Crippen molar-refractivity contribution in [3.05, 3.63) is 46.5 Å². The summed E-state index contributed by atoms with van der Waals surface area (Å²) in [7, 11) is -2.43. The van der Waals surface area contributed by atoms with Gasteiger partial charge in [-0.2, -0.15) is 0 Å². The smallest absolute Gasteiger partial charge is 0.291 e. The van der Waals surface area contributed by atoms with Crippen LogP contribution < -0.4 is 10.0 Å². The maximum absolute atomic E-state index is 12.2. The lowest BCUT2D eigenvalue weighted by atomic mass is 10.3. The van der Waals surface area contributed by atoms with Crippen LogP contribution >= 0.6 is 0 Å². The highest BCUT2D eigenvalue weighted by Gasteiger charge is 2.26. The van der Waals surface area contributed by atoms with Crippen molar-refractivity contribution in [3.63, 3.8) is 0 Å². The summed E-state index contributed by atoms with van der Waals surface area (Å²) < 4.78 is 26.6. The predicted octanol–water partition coefficient (Wildman–Crippen LogP) is 0.838. The molecule has 0 saturated heterocycles. The van der Waals surface area contributed by atoms with Crippen LogP contribution in [0.3, 0.4) is 0 Å². The second-order valence-electron chi connectivity index (χ2n) is 4.05. The van der Waals surface area contributed by atoms with E-state index in [4.69, 9.17) is 0 Å². The van der Waals surface area contributed by atoms with Crippen LogP contribution in [0.1, 0.15) is 5.82 Å². The lowest BCUT2D eigenvalue weighted by Crippen LogP contribution is -2.24. The molecule has 0 aliphatic heterocycles. The number of nitro groups is 1. The van der Waals surface area contributed by atoms with Gasteiger partial charge < -0.3 is 10.3 Å². The Morgan fingerprint density at radius 3 is 2.76 bits per heavy atom. The number of aromatic nitrogens is 2. The Morgan fingerprint density at radius 2 is 2.19 bits per heavy atom. The molecule has 0 atom stereocenters. The van der Waals surface area contributed by atoms with Gasteiger partial charge in [0.05, 0.1) is 11.5 Å². The highest BCUT2D eigenvalue weighted by atomic mass is 32.2. The van der Waals surface area contributed by atoms with Crippen molar-refractivity contribution in [2.75, 3.05) is 12.4 Å². The third-order valence-electron chi connectivity index (χ3n) is 2.72. The summed E-state index contributed by atoms with van der Waals surface area (Å²) in [6.45, 7) is -0.0831. The molecule has 2 aromatic rings. The van der Waals surface area contributed by atoms with Crippen LogP contribution in [-0.4, -0.2) is 30.4 Å². The average Bonchev–Trinajstić information content (AvgIpc) is 2.98. The molecule has 0 spiro atoms. The SMILES string of the molecule is CNc1ccc(S(=O)(=O)NCc2ncc[nH]2)c([N+](=O)[O-])c1. The average molecular weight is 311 g/mol. The van der Waals surface area contributed by atoms with Crippen molar-refractivity contribution < 1.29 is 13.3 Å². The molecule has 21 heavy (non-hydrogen) atoms. The van der Waals surface area contributed by atoms with Crippen LogP contribution in [0, 0.1) is 10.1 Å². The van der Waals surface area contributed by atoms with E-state index >= 15 is 0 Å². The number of nitrogens with one attached hydrogen (secondary N) is 3. The van der Waals surface area contributed by atoms with Gasteiger partial charge in [-0.25, -0.2) is 18.1 Å². The Hall–Kier alpha value is -2.46. The number of H-pyrrole nitrogens is 1. The number of imidazole rings is 1. The second-order valence-corrected chi connectivity index (χ2v) is 5.79. The third kappa shape index (κ3) is 3.35. The topological polar surface area (TPSA) is 130 Å². The van der Waals surface area contributed by atoms with Crippen molar-refractivity contribution in [2.24, 2.45) is 0 Å². The molecule has 1 aromatic heterocycles. The molecule has 0 fully saturated rings. The minimum absolute atomic E-state index is 0.0831. The number of hydrogen-bond donors (Lipinski definition) is 3. The van der Waals surface area contributed by atoms with Gasteiger partial charge in [0.1, 0.15) is 5.82 Å². The van der Waals surface area contributed by atoms with Gasteiger partial charge in [0.15, 0.2) is 4.90 Å². The predicted molar refractivity (Wildman–Crippen MR) is 75.3 cm³/mol. The van der Waals surface area contributed by atoms with Crippen LogP contribution in [-0.2, 0) is 16.6 Å². The molecule has 1 aromatic carbocycles. The van der Waals surface area contributed by atoms with Gasteiger partial charge in [-0.15, -0.1) is 0 Å². The highest BCUT2D eigenvalue weighted by molar-refractivity contribution is 7.89. The molecule has 0 aliphatic rings. The molecule has 112 valence electrons. The third-order valence-corrected chi connectivity index (χ3v) is 4.17. The number of anilines is 1. The monoisotopic (exact) mass is 311 g/mol. The summed E-state index contributed by atoms with van der Waals surface area (Å²) >= 11 is 0. The van der Waals surface area contributed by atoms with Crippen LogP contribution in [0.4, 0.5) is 11.4 Å². The number of hydrogen-bond acceptors (Lipinski definition) is 6. The Bertz CT molecular complexity index is 742. The van der Waals surface area contributed by atoms with E-state index in [-0.39, 0.29) is 6.54 Å². The zero-order valence-electron chi connectivity index (χ0n) is 11.0. The van der Waals surface area contributed by atoms with Crippen molar-refractivity contribution in [1.29, 1.82) is 0 Å². The van der Waals surface area contributed by atoms with E-state index in [1.807, 2.05) is 0 Å². The van der Waals surface area contributed by atoms with E-state index in [0.717, 1.165) is 0 Å². The zero-order valence-corrected chi connectivity index (χ0v) is 11.8. The van der Waals surface area contributed by atoms with Crippen LogP contribution in [0.25, 0.3) is 0 Å². The van der Waals surface area contributed by atoms with E-state index < -0.39 is 25.5 Å². The Morgan fingerprint density at radius 1 is 1.43 bits per heavy atom. The summed E-state index contributed by atoms with van der Waals surface area (Å²) in [6.07, 6.45) is 3.03. The van der Waals surface area contributed by atoms with E-state index in [2.05, 4.69) is 20.0 Å². The lowest BCUT2D eigenvalue weighted by Gasteiger charge is -2.07. The summed E-state index contributed by atoms with van der Waals surface area (Å²) in [5.41, 5.74) is -0.0412. The number of nitro benzene ring substituents is 1. The largest absolute Gasteiger partial charge is 0.388 e. The molecule has 10 heteroatoms. The fraction of sp³-hybridized carbons (Fsp3) is 0.182.